The summed E-state index contributed by atoms with van der Waals surface area (Å²) < 4.78 is 0.743. The van der Waals surface area contributed by atoms with Crippen LogP contribution in [-0.2, 0) is 0 Å². The van der Waals surface area contributed by atoms with Gasteiger partial charge in [0.25, 0.3) is 0 Å². The van der Waals surface area contributed by atoms with Crippen molar-refractivity contribution in [1.29, 1.82) is 0 Å². The lowest BCUT2D eigenvalue weighted by Crippen LogP contribution is -2.05. The van der Waals surface area contributed by atoms with E-state index >= 15 is 0 Å². The standard InChI is InChI=1S/C9H13ClOS/c1-3-6(2)9(11)7-4-5-8(10)12-7/h4-6,9,11H,3H2,1-2H3. The zero-order valence-corrected chi connectivity index (χ0v) is 8.82. The van der Waals surface area contributed by atoms with Crippen molar-refractivity contribution in [2.45, 2.75) is 26.4 Å². The minimum atomic E-state index is -0.354. The minimum absolute atomic E-state index is 0.305. The quantitative estimate of drug-likeness (QED) is 0.800. The molecule has 0 amide bonds. The van der Waals surface area contributed by atoms with Crippen molar-refractivity contribution in [2.75, 3.05) is 0 Å². The molecule has 1 nitrogen and oxygen atoms in total. The molecule has 0 aliphatic rings. The Morgan fingerprint density at radius 1 is 1.58 bits per heavy atom. The van der Waals surface area contributed by atoms with Crippen LogP contribution in [0.4, 0.5) is 0 Å². The minimum Gasteiger partial charge on any atom is -0.387 e. The molecule has 0 spiro atoms. The highest BCUT2D eigenvalue weighted by molar-refractivity contribution is 7.16. The van der Waals surface area contributed by atoms with E-state index in [4.69, 9.17) is 11.6 Å². The van der Waals surface area contributed by atoms with Crippen LogP contribution in [0.1, 0.15) is 31.2 Å². The average Bonchev–Trinajstić information content (AvgIpc) is 2.49. The van der Waals surface area contributed by atoms with Crippen LogP contribution in [0, 0.1) is 5.92 Å². The van der Waals surface area contributed by atoms with Gasteiger partial charge in [-0.25, -0.2) is 0 Å². The maximum atomic E-state index is 9.75. The van der Waals surface area contributed by atoms with Crippen molar-refractivity contribution in [3.63, 3.8) is 0 Å². The topological polar surface area (TPSA) is 20.2 Å². The van der Waals surface area contributed by atoms with Crippen molar-refractivity contribution in [3.8, 4) is 0 Å². The highest BCUT2D eigenvalue weighted by Crippen LogP contribution is 2.31. The molecule has 12 heavy (non-hydrogen) atoms. The molecular weight excluding hydrogens is 192 g/mol. The van der Waals surface area contributed by atoms with E-state index in [0.29, 0.717) is 5.92 Å². The summed E-state index contributed by atoms with van der Waals surface area (Å²) in [6.45, 7) is 4.11. The number of thiophene rings is 1. The van der Waals surface area contributed by atoms with Gasteiger partial charge in [-0.3, -0.25) is 0 Å². The van der Waals surface area contributed by atoms with Crippen LogP contribution in [0.15, 0.2) is 12.1 Å². The molecule has 1 aromatic rings. The molecule has 0 saturated carbocycles. The van der Waals surface area contributed by atoms with E-state index in [1.807, 2.05) is 19.1 Å². The van der Waals surface area contributed by atoms with Crippen LogP contribution in [0.3, 0.4) is 0 Å². The lowest BCUT2D eigenvalue weighted by atomic mass is 10.0. The van der Waals surface area contributed by atoms with Crippen molar-refractivity contribution in [1.82, 2.24) is 0 Å². The van der Waals surface area contributed by atoms with Gasteiger partial charge in [-0.05, 0) is 18.1 Å². The van der Waals surface area contributed by atoms with Crippen molar-refractivity contribution >= 4 is 22.9 Å². The number of halogens is 1. The van der Waals surface area contributed by atoms with Crippen LogP contribution in [-0.4, -0.2) is 5.11 Å². The Kier molecular flexibility index (Phi) is 3.56. The Bertz CT molecular complexity index is 246. The van der Waals surface area contributed by atoms with Crippen LogP contribution < -0.4 is 0 Å². The molecule has 2 unspecified atom stereocenters. The average molecular weight is 205 g/mol. The molecule has 0 saturated heterocycles. The third kappa shape index (κ3) is 2.22. The third-order valence-corrected chi connectivity index (χ3v) is 3.37. The summed E-state index contributed by atoms with van der Waals surface area (Å²) >= 11 is 7.21. The first kappa shape index (κ1) is 10.0. The molecule has 2 atom stereocenters. The van der Waals surface area contributed by atoms with Gasteiger partial charge in [-0.15, -0.1) is 11.3 Å². The van der Waals surface area contributed by atoms with E-state index in [9.17, 15) is 5.11 Å². The molecule has 68 valence electrons. The summed E-state index contributed by atoms with van der Waals surface area (Å²) in [4.78, 5) is 0.967. The number of rotatable bonds is 3. The molecule has 1 aromatic heterocycles. The van der Waals surface area contributed by atoms with Gasteiger partial charge in [0.05, 0.1) is 10.4 Å². The maximum Gasteiger partial charge on any atom is 0.0932 e. The Hall–Kier alpha value is -0.0500. The number of aliphatic hydroxyl groups is 1. The van der Waals surface area contributed by atoms with E-state index in [1.165, 1.54) is 11.3 Å². The molecule has 1 N–H and O–H groups in total. The summed E-state index contributed by atoms with van der Waals surface area (Å²) in [5.41, 5.74) is 0. The predicted molar refractivity (Wildman–Crippen MR) is 53.7 cm³/mol. The van der Waals surface area contributed by atoms with E-state index in [-0.39, 0.29) is 6.10 Å². The SMILES string of the molecule is CCC(C)C(O)c1ccc(Cl)s1. The zero-order chi connectivity index (χ0) is 9.14. The van der Waals surface area contributed by atoms with Crippen LogP contribution in [0.2, 0.25) is 4.34 Å². The summed E-state index contributed by atoms with van der Waals surface area (Å²) in [7, 11) is 0. The van der Waals surface area contributed by atoms with Crippen molar-refractivity contribution in [3.05, 3.63) is 21.3 Å². The van der Waals surface area contributed by atoms with Gasteiger partial charge in [0.1, 0.15) is 0 Å². The zero-order valence-electron chi connectivity index (χ0n) is 7.25. The summed E-state index contributed by atoms with van der Waals surface area (Å²) in [6, 6.07) is 3.72. The van der Waals surface area contributed by atoms with Crippen molar-refractivity contribution < 1.29 is 5.11 Å². The predicted octanol–water partition coefficient (Wildman–Crippen LogP) is 3.48. The molecular formula is C9H13ClOS. The van der Waals surface area contributed by atoms with E-state index in [1.54, 1.807) is 0 Å². The lowest BCUT2D eigenvalue weighted by Gasteiger charge is -2.14. The van der Waals surface area contributed by atoms with Gasteiger partial charge in [0, 0.05) is 4.88 Å². The Morgan fingerprint density at radius 3 is 2.67 bits per heavy atom. The fraction of sp³-hybridized carbons (Fsp3) is 0.556. The highest BCUT2D eigenvalue weighted by atomic mass is 35.5. The fourth-order valence-corrected chi connectivity index (χ4v) is 2.17. The first-order valence-corrected chi connectivity index (χ1v) is 5.28. The normalized spacial score (nSPS) is 16.0. The van der Waals surface area contributed by atoms with Gasteiger partial charge in [0.15, 0.2) is 0 Å². The van der Waals surface area contributed by atoms with Crippen molar-refractivity contribution in [2.24, 2.45) is 5.92 Å². The molecule has 0 aliphatic carbocycles. The van der Waals surface area contributed by atoms with Gasteiger partial charge >= 0.3 is 0 Å². The van der Waals surface area contributed by atoms with Gasteiger partial charge in [-0.2, -0.15) is 0 Å². The van der Waals surface area contributed by atoms with Crippen LogP contribution >= 0.6 is 22.9 Å². The largest absolute Gasteiger partial charge is 0.387 e. The number of aliphatic hydroxyl groups excluding tert-OH is 1. The van der Waals surface area contributed by atoms with Crippen LogP contribution in [0.25, 0.3) is 0 Å². The summed E-state index contributed by atoms with van der Waals surface area (Å²) in [5, 5.41) is 9.75. The fourth-order valence-electron chi connectivity index (χ4n) is 0.991. The number of hydrogen-bond acceptors (Lipinski definition) is 2. The second-order valence-corrected chi connectivity index (χ2v) is 4.72. The van der Waals surface area contributed by atoms with E-state index in [0.717, 1.165) is 15.6 Å². The molecule has 3 heteroatoms. The molecule has 0 bridgehead atoms. The van der Waals surface area contributed by atoms with Gasteiger partial charge in [0.2, 0.25) is 0 Å². The molecule has 1 rings (SSSR count). The second-order valence-electron chi connectivity index (χ2n) is 2.97. The maximum absolute atomic E-state index is 9.75. The Labute approximate surface area is 82.0 Å². The molecule has 0 radical (unpaired) electrons. The first-order valence-electron chi connectivity index (χ1n) is 4.08. The third-order valence-electron chi connectivity index (χ3n) is 2.07. The smallest absolute Gasteiger partial charge is 0.0932 e. The second kappa shape index (κ2) is 4.26. The van der Waals surface area contributed by atoms with E-state index in [2.05, 4.69) is 6.92 Å². The lowest BCUT2D eigenvalue weighted by molar-refractivity contribution is 0.119. The molecule has 0 fully saturated rings. The molecule has 1 heterocycles. The summed E-state index contributed by atoms with van der Waals surface area (Å²) in [6.07, 6.45) is 0.629. The molecule has 0 aliphatic heterocycles. The number of hydrogen-bond donors (Lipinski definition) is 1. The Morgan fingerprint density at radius 2 is 2.25 bits per heavy atom. The van der Waals surface area contributed by atoms with Gasteiger partial charge < -0.3 is 5.11 Å². The summed E-state index contributed by atoms with van der Waals surface area (Å²) in [5.74, 6) is 0.305. The first-order chi connectivity index (χ1) is 5.65. The highest BCUT2D eigenvalue weighted by Gasteiger charge is 2.15. The van der Waals surface area contributed by atoms with Gasteiger partial charge in [-0.1, -0.05) is 31.9 Å². The molecule has 0 aromatic carbocycles. The van der Waals surface area contributed by atoms with Crippen LogP contribution in [0.5, 0.6) is 0 Å². The monoisotopic (exact) mass is 204 g/mol. The Balaban J connectivity index is 2.70. The van der Waals surface area contributed by atoms with E-state index < -0.39 is 0 Å².